The molecule has 0 aliphatic heterocycles. The minimum absolute atomic E-state index is 0.177. The molecule has 2 aromatic heterocycles. The van der Waals surface area contributed by atoms with Gasteiger partial charge in [-0.3, -0.25) is 4.79 Å². The van der Waals surface area contributed by atoms with Crippen LogP contribution in [-0.4, -0.2) is 10.9 Å². The van der Waals surface area contributed by atoms with Gasteiger partial charge in [-0.1, -0.05) is 18.2 Å². The van der Waals surface area contributed by atoms with Crippen LogP contribution in [0, 0.1) is 0 Å². The molecule has 0 aliphatic rings. The molecule has 3 nitrogen and oxygen atoms in total. The summed E-state index contributed by atoms with van der Waals surface area (Å²) in [4.78, 5) is 16.4. The van der Waals surface area contributed by atoms with E-state index in [-0.39, 0.29) is 5.91 Å². The lowest BCUT2D eigenvalue weighted by atomic mass is 10.3. The van der Waals surface area contributed by atoms with Crippen LogP contribution in [0.1, 0.15) is 10.5 Å². The fraction of sp³-hybridized carbons (Fsp3) is 0. The number of rotatable bonds is 3. The molecule has 0 atom stereocenters. The van der Waals surface area contributed by atoms with E-state index in [4.69, 9.17) is 0 Å². The summed E-state index contributed by atoms with van der Waals surface area (Å²) in [7, 11) is 0. The lowest BCUT2D eigenvalue weighted by Crippen LogP contribution is -2.12. The summed E-state index contributed by atoms with van der Waals surface area (Å²) < 4.78 is 0. The van der Waals surface area contributed by atoms with E-state index < -0.39 is 0 Å². The molecule has 2 heterocycles. The third kappa shape index (κ3) is 2.72. The number of nitrogens with zero attached hydrogens (tertiary/aromatic N) is 1. The predicted octanol–water partition coefficient (Wildman–Crippen LogP) is 4.12. The van der Waals surface area contributed by atoms with Crippen molar-refractivity contribution in [2.45, 2.75) is 0 Å². The Kier molecular flexibility index (Phi) is 3.39. The van der Waals surface area contributed by atoms with Gasteiger partial charge in [0, 0.05) is 22.0 Å². The molecule has 1 N–H and O–H groups in total. The molecule has 3 rings (SSSR count). The topological polar surface area (TPSA) is 42.0 Å². The van der Waals surface area contributed by atoms with E-state index in [1.54, 1.807) is 16.7 Å². The summed E-state index contributed by atoms with van der Waals surface area (Å²) in [6, 6.07) is 11.4. The molecule has 0 fully saturated rings. The van der Waals surface area contributed by atoms with Crippen LogP contribution in [0.2, 0.25) is 0 Å². The van der Waals surface area contributed by atoms with Crippen molar-refractivity contribution in [3.63, 3.8) is 0 Å². The van der Waals surface area contributed by atoms with Crippen molar-refractivity contribution in [3.8, 4) is 10.6 Å². The van der Waals surface area contributed by atoms with Gasteiger partial charge >= 0.3 is 0 Å². The van der Waals surface area contributed by atoms with Crippen molar-refractivity contribution in [1.29, 1.82) is 0 Å². The van der Waals surface area contributed by atoms with Gasteiger partial charge in [-0.25, -0.2) is 4.98 Å². The quantitative estimate of drug-likeness (QED) is 0.786. The number of amides is 1. The van der Waals surface area contributed by atoms with Gasteiger partial charge < -0.3 is 5.32 Å². The van der Waals surface area contributed by atoms with Crippen LogP contribution in [0.15, 0.2) is 52.5 Å². The molecule has 3 aromatic rings. The van der Waals surface area contributed by atoms with Crippen molar-refractivity contribution in [3.05, 3.63) is 58.2 Å². The van der Waals surface area contributed by atoms with Crippen molar-refractivity contribution in [1.82, 2.24) is 4.98 Å². The van der Waals surface area contributed by atoms with Gasteiger partial charge in [0.2, 0.25) is 0 Å². The van der Waals surface area contributed by atoms with Gasteiger partial charge in [-0.15, -0.1) is 11.3 Å². The summed E-state index contributed by atoms with van der Waals surface area (Å²) in [6.45, 7) is 0. The molecule has 0 radical (unpaired) electrons. The highest BCUT2D eigenvalue weighted by atomic mass is 32.1. The summed E-state index contributed by atoms with van der Waals surface area (Å²) in [5.41, 5.74) is 2.29. The molecule has 94 valence electrons. The van der Waals surface area contributed by atoms with Gasteiger partial charge in [0.25, 0.3) is 5.91 Å². The lowest BCUT2D eigenvalue weighted by molar-refractivity contribution is 0.102. The molecule has 1 amide bonds. The Morgan fingerprint density at radius 3 is 2.68 bits per heavy atom. The zero-order valence-electron chi connectivity index (χ0n) is 9.87. The molecule has 0 saturated carbocycles. The molecule has 0 aliphatic carbocycles. The monoisotopic (exact) mass is 286 g/mol. The molecule has 0 spiro atoms. The average molecular weight is 286 g/mol. The highest BCUT2D eigenvalue weighted by Crippen LogP contribution is 2.25. The minimum Gasteiger partial charge on any atom is -0.321 e. The number of carbonyl (C=O) groups is 1. The number of para-hydroxylation sites is 1. The molecule has 5 heteroatoms. The second-order valence-corrected chi connectivity index (χ2v) is 5.51. The molecule has 0 bridgehead atoms. The van der Waals surface area contributed by atoms with E-state index in [2.05, 4.69) is 10.3 Å². The summed E-state index contributed by atoms with van der Waals surface area (Å²) in [6.07, 6.45) is 0. The van der Waals surface area contributed by atoms with Crippen LogP contribution in [0.3, 0.4) is 0 Å². The van der Waals surface area contributed by atoms with Crippen LogP contribution in [0.25, 0.3) is 10.6 Å². The first-order chi connectivity index (χ1) is 9.33. The second-order valence-electron chi connectivity index (χ2n) is 3.87. The van der Waals surface area contributed by atoms with E-state index in [0.717, 1.165) is 16.3 Å². The van der Waals surface area contributed by atoms with E-state index in [1.165, 1.54) is 11.3 Å². The van der Waals surface area contributed by atoms with Crippen LogP contribution >= 0.6 is 22.7 Å². The number of aromatic nitrogens is 1. The van der Waals surface area contributed by atoms with Crippen LogP contribution in [0.4, 0.5) is 5.69 Å². The Labute approximate surface area is 118 Å². The lowest BCUT2D eigenvalue weighted by Gasteiger charge is -2.01. The van der Waals surface area contributed by atoms with Crippen LogP contribution < -0.4 is 5.32 Å². The first-order valence-electron chi connectivity index (χ1n) is 5.67. The Hall–Kier alpha value is -1.98. The predicted molar refractivity (Wildman–Crippen MR) is 79.8 cm³/mol. The zero-order chi connectivity index (χ0) is 13.1. The van der Waals surface area contributed by atoms with Crippen LogP contribution in [-0.2, 0) is 0 Å². The standard InChI is InChI=1S/C14H10N2OS2/c17-13(15-11-4-2-1-3-5-11)12-9-19-14(16-12)10-6-7-18-8-10/h1-9H,(H,15,17). The number of hydrogen-bond acceptors (Lipinski definition) is 4. The van der Waals surface area contributed by atoms with Crippen molar-refractivity contribution >= 4 is 34.3 Å². The maximum atomic E-state index is 12.0. The van der Waals surface area contributed by atoms with Gasteiger partial charge in [-0.05, 0) is 23.6 Å². The number of thiazole rings is 1. The number of nitrogens with one attached hydrogen (secondary N) is 1. The largest absolute Gasteiger partial charge is 0.321 e. The normalized spacial score (nSPS) is 10.3. The maximum Gasteiger partial charge on any atom is 0.275 e. The number of hydrogen-bond donors (Lipinski definition) is 1. The van der Waals surface area contributed by atoms with Crippen molar-refractivity contribution in [2.75, 3.05) is 5.32 Å². The smallest absolute Gasteiger partial charge is 0.275 e. The highest BCUT2D eigenvalue weighted by molar-refractivity contribution is 7.14. The Bertz CT molecular complexity index is 675. The van der Waals surface area contributed by atoms with Crippen LogP contribution in [0.5, 0.6) is 0 Å². The Balaban J connectivity index is 1.78. The number of thiophene rings is 1. The fourth-order valence-corrected chi connectivity index (χ4v) is 3.13. The summed E-state index contributed by atoms with van der Waals surface area (Å²) in [5.74, 6) is -0.177. The van der Waals surface area contributed by atoms with Gasteiger partial charge in [0.05, 0.1) is 0 Å². The molecule has 0 saturated heterocycles. The third-order valence-corrected chi connectivity index (χ3v) is 4.11. The van der Waals surface area contributed by atoms with Gasteiger partial charge in [-0.2, -0.15) is 11.3 Å². The first kappa shape index (κ1) is 12.1. The fourth-order valence-electron chi connectivity index (χ4n) is 1.61. The molecular formula is C14H10N2OS2. The zero-order valence-corrected chi connectivity index (χ0v) is 11.5. The molecular weight excluding hydrogens is 276 g/mol. The molecule has 1 aromatic carbocycles. The number of anilines is 1. The van der Waals surface area contributed by atoms with Gasteiger partial charge in [0.15, 0.2) is 0 Å². The summed E-state index contributed by atoms with van der Waals surface area (Å²) >= 11 is 3.10. The SMILES string of the molecule is O=C(Nc1ccccc1)c1csc(-c2ccsc2)n1. The minimum atomic E-state index is -0.177. The van der Waals surface area contributed by atoms with Crippen molar-refractivity contribution < 1.29 is 4.79 Å². The van der Waals surface area contributed by atoms with Gasteiger partial charge in [0.1, 0.15) is 10.7 Å². The van der Waals surface area contributed by atoms with E-state index in [0.29, 0.717) is 5.69 Å². The molecule has 19 heavy (non-hydrogen) atoms. The second kappa shape index (κ2) is 5.34. The summed E-state index contributed by atoms with van der Waals surface area (Å²) in [5, 5.41) is 9.51. The average Bonchev–Trinajstić information content (AvgIpc) is 3.11. The first-order valence-corrected chi connectivity index (χ1v) is 7.50. The van der Waals surface area contributed by atoms with E-state index in [9.17, 15) is 4.79 Å². The molecule has 0 unspecified atom stereocenters. The number of carbonyl (C=O) groups excluding carboxylic acids is 1. The Morgan fingerprint density at radius 2 is 1.95 bits per heavy atom. The Morgan fingerprint density at radius 1 is 1.11 bits per heavy atom. The van der Waals surface area contributed by atoms with E-state index in [1.807, 2.05) is 47.2 Å². The van der Waals surface area contributed by atoms with E-state index >= 15 is 0 Å². The third-order valence-electron chi connectivity index (χ3n) is 2.54. The highest BCUT2D eigenvalue weighted by Gasteiger charge is 2.12. The maximum absolute atomic E-state index is 12.0. The van der Waals surface area contributed by atoms with Crippen molar-refractivity contribution in [2.24, 2.45) is 0 Å². The number of benzene rings is 1.